The van der Waals surface area contributed by atoms with Crippen LogP contribution in [0.15, 0.2) is 66.9 Å². The van der Waals surface area contributed by atoms with Gasteiger partial charge in [0.15, 0.2) is 0 Å². The third-order valence-electron chi connectivity index (χ3n) is 5.39. The van der Waals surface area contributed by atoms with Crippen LogP contribution in [0.5, 0.6) is 5.75 Å². The predicted molar refractivity (Wildman–Crippen MR) is 130 cm³/mol. The first-order chi connectivity index (χ1) is 15.6. The SMILES string of the molecule is CCN(CC)CCCNC(=O)/C=C/c1cn(-c2ccccc2)nc1-c1ccc(OC)cc1. The second-order valence-corrected chi connectivity index (χ2v) is 7.45. The van der Waals surface area contributed by atoms with Crippen LogP contribution in [0, 0.1) is 0 Å². The van der Waals surface area contributed by atoms with Crippen molar-refractivity contribution in [2.45, 2.75) is 20.3 Å². The van der Waals surface area contributed by atoms with Gasteiger partial charge in [-0.25, -0.2) is 4.68 Å². The van der Waals surface area contributed by atoms with Crippen LogP contribution < -0.4 is 10.1 Å². The van der Waals surface area contributed by atoms with Crippen molar-refractivity contribution in [1.29, 1.82) is 0 Å². The number of rotatable bonds is 11. The van der Waals surface area contributed by atoms with E-state index in [1.807, 2.05) is 71.6 Å². The first kappa shape index (κ1) is 23.3. The third-order valence-corrected chi connectivity index (χ3v) is 5.39. The Balaban J connectivity index is 1.75. The van der Waals surface area contributed by atoms with Crippen LogP contribution in [0.25, 0.3) is 23.0 Å². The minimum atomic E-state index is -0.0994. The average molecular weight is 433 g/mol. The van der Waals surface area contributed by atoms with Gasteiger partial charge >= 0.3 is 0 Å². The van der Waals surface area contributed by atoms with Crippen molar-refractivity contribution in [1.82, 2.24) is 20.0 Å². The maximum absolute atomic E-state index is 12.4. The monoisotopic (exact) mass is 432 g/mol. The Morgan fingerprint density at radius 2 is 1.81 bits per heavy atom. The maximum atomic E-state index is 12.4. The summed E-state index contributed by atoms with van der Waals surface area (Å²) in [5, 5.41) is 7.76. The van der Waals surface area contributed by atoms with Gasteiger partial charge in [0.25, 0.3) is 0 Å². The fourth-order valence-electron chi connectivity index (χ4n) is 3.47. The summed E-state index contributed by atoms with van der Waals surface area (Å²) in [4.78, 5) is 14.7. The highest BCUT2D eigenvalue weighted by Gasteiger charge is 2.11. The molecular formula is C26H32N4O2. The van der Waals surface area contributed by atoms with Gasteiger partial charge in [-0.1, -0.05) is 32.0 Å². The van der Waals surface area contributed by atoms with E-state index in [1.54, 1.807) is 13.2 Å². The Kier molecular flexibility index (Phi) is 8.63. The third kappa shape index (κ3) is 6.31. The van der Waals surface area contributed by atoms with Gasteiger partial charge in [0.2, 0.25) is 5.91 Å². The molecule has 6 nitrogen and oxygen atoms in total. The van der Waals surface area contributed by atoms with Crippen molar-refractivity contribution < 1.29 is 9.53 Å². The normalized spacial score (nSPS) is 11.2. The quantitative estimate of drug-likeness (QED) is 0.360. The second kappa shape index (κ2) is 11.9. The summed E-state index contributed by atoms with van der Waals surface area (Å²) in [5.41, 5.74) is 3.60. The lowest BCUT2D eigenvalue weighted by molar-refractivity contribution is -0.116. The standard InChI is InChI=1S/C26H32N4O2/c1-4-29(5-2)19-9-18-27-25(31)17-14-22-20-30(23-10-7-6-8-11-23)28-26(22)21-12-15-24(32-3)16-13-21/h6-8,10-17,20H,4-5,9,18-19H2,1-3H3,(H,27,31)/b17-14+. The Hall–Kier alpha value is -3.38. The smallest absolute Gasteiger partial charge is 0.244 e. The molecule has 1 N–H and O–H groups in total. The summed E-state index contributed by atoms with van der Waals surface area (Å²) in [6.07, 6.45) is 6.28. The lowest BCUT2D eigenvalue weighted by Gasteiger charge is -2.17. The van der Waals surface area contributed by atoms with Crippen molar-refractivity contribution in [2.24, 2.45) is 0 Å². The second-order valence-electron chi connectivity index (χ2n) is 7.45. The minimum Gasteiger partial charge on any atom is -0.497 e. The van der Waals surface area contributed by atoms with E-state index < -0.39 is 0 Å². The predicted octanol–water partition coefficient (Wildman–Crippen LogP) is 4.41. The van der Waals surface area contributed by atoms with Gasteiger partial charge in [-0.05, 0) is 68.5 Å². The molecule has 3 aromatic rings. The van der Waals surface area contributed by atoms with Crippen LogP contribution in [0.2, 0.25) is 0 Å². The van der Waals surface area contributed by atoms with E-state index in [0.29, 0.717) is 6.54 Å². The largest absolute Gasteiger partial charge is 0.497 e. The molecule has 0 aliphatic carbocycles. The summed E-state index contributed by atoms with van der Waals surface area (Å²) in [6, 6.07) is 17.7. The van der Waals surface area contributed by atoms with Gasteiger partial charge in [0, 0.05) is 29.9 Å². The molecule has 0 radical (unpaired) electrons. The molecule has 168 valence electrons. The molecule has 3 rings (SSSR count). The summed E-state index contributed by atoms with van der Waals surface area (Å²) in [7, 11) is 1.65. The van der Waals surface area contributed by atoms with Gasteiger partial charge in [0.05, 0.1) is 18.5 Å². The van der Waals surface area contributed by atoms with E-state index in [1.165, 1.54) is 0 Å². The molecule has 0 atom stereocenters. The van der Waals surface area contributed by atoms with Crippen LogP contribution >= 0.6 is 0 Å². The molecule has 0 fully saturated rings. The van der Waals surface area contributed by atoms with Crippen LogP contribution in [-0.4, -0.2) is 53.9 Å². The fourth-order valence-corrected chi connectivity index (χ4v) is 3.47. The molecule has 0 spiro atoms. The molecule has 0 unspecified atom stereocenters. The molecule has 0 aliphatic rings. The molecule has 1 heterocycles. The minimum absolute atomic E-state index is 0.0994. The number of ether oxygens (including phenoxy) is 1. The molecule has 0 bridgehead atoms. The fraction of sp³-hybridized carbons (Fsp3) is 0.308. The van der Waals surface area contributed by atoms with Gasteiger partial charge in [0.1, 0.15) is 5.75 Å². The van der Waals surface area contributed by atoms with E-state index in [4.69, 9.17) is 9.84 Å². The molecule has 1 amide bonds. The zero-order valence-corrected chi connectivity index (χ0v) is 19.1. The number of aromatic nitrogens is 2. The van der Waals surface area contributed by atoms with Crippen LogP contribution in [0.1, 0.15) is 25.8 Å². The van der Waals surface area contributed by atoms with Crippen molar-refractivity contribution >= 4 is 12.0 Å². The van der Waals surface area contributed by atoms with E-state index >= 15 is 0 Å². The van der Waals surface area contributed by atoms with Crippen LogP contribution in [0.4, 0.5) is 0 Å². The topological polar surface area (TPSA) is 59.4 Å². The lowest BCUT2D eigenvalue weighted by Crippen LogP contribution is -2.29. The summed E-state index contributed by atoms with van der Waals surface area (Å²) >= 11 is 0. The first-order valence-corrected chi connectivity index (χ1v) is 11.1. The number of methoxy groups -OCH3 is 1. The zero-order chi connectivity index (χ0) is 22.8. The zero-order valence-electron chi connectivity index (χ0n) is 19.1. The van der Waals surface area contributed by atoms with Gasteiger partial charge in [-0.3, -0.25) is 4.79 Å². The van der Waals surface area contributed by atoms with E-state index in [0.717, 1.165) is 54.3 Å². The average Bonchev–Trinajstić information content (AvgIpc) is 3.28. The van der Waals surface area contributed by atoms with Crippen LogP contribution in [-0.2, 0) is 4.79 Å². The highest BCUT2D eigenvalue weighted by atomic mass is 16.5. The van der Waals surface area contributed by atoms with Crippen molar-refractivity contribution in [2.75, 3.05) is 33.3 Å². The number of hydrogen-bond donors (Lipinski definition) is 1. The number of carbonyl (C=O) groups excluding carboxylic acids is 1. The number of hydrogen-bond acceptors (Lipinski definition) is 4. The van der Waals surface area contributed by atoms with E-state index in [2.05, 4.69) is 24.1 Å². The summed E-state index contributed by atoms with van der Waals surface area (Å²) in [6.45, 7) is 8.02. The van der Waals surface area contributed by atoms with Crippen molar-refractivity contribution in [3.8, 4) is 22.7 Å². The molecule has 6 heteroatoms. The lowest BCUT2D eigenvalue weighted by atomic mass is 10.1. The molecule has 32 heavy (non-hydrogen) atoms. The first-order valence-electron chi connectivity index (χ1n) is 11.1. The van der Waals surface area contributed by atoms with Crippen LogP contribution in [0.3, 0.4) is 0 Å². The molecular weight excluding hydrogens is 400 g/mol. The number of amides is 1. The summed E-state index contributed by atoms with van der Waals surface area (Å²) in [5.74, 6) is 0.690. The summed E-state index contributed by atoms with van der Waals surface area (Å²) < 4.78 is 7.10. The van der Waals surface area contributed by atoms with Gasteiger partial charge in [-0.2, -0.15) is 5.10 Å². The Labute approximate surface area is 190 Å². The Morgan fingerprint density at radius 3 is 2.47 bits per heavy atom. The molecule has 0 saturated carbocycles. The highest BCUT2D eigenvalue weighted by Crippen LogP contribution is 2.26. The Morgan fingerprint density at radius 1 is 1.09 bits per heavy atom. The number of nitrogens with zero attached hydrogens (tertiary/aromatic N) is 3. The van der Waals surface area contributed by atoms with Gasteiger partial charge in [-0.15, -0.1) is 0 Å². The van der Waals surface area contributed by atoms with Crippen molar-refractivity contribution in [3.05, 3.63) is 72.4 Å². The van der Waals surface area contributed by atoms with E-state index in [-0.39, 0.29) is 5.91 Å². The molecule has 0 saturated heterocycles. The molecule has 2 aromatic carbocycles. The van der Waals surface area contributed by atoms with E-state index in [9.17, 15) is 4.79 Å². The maximum Gasteiger partial charge on any atom is 0.244 e. The molecule has 0 aliphatic heterocycles. The Bertz CT molecular complexity index is 1010. The van der Waals surface area contributed by atoms with Crippen molar-refractivity contribution in [3.63, 3.8) is 0 Å². The van der Waals surface area contributed by atoms with Gasteiger partial charge < -0.3 is 15.0 Å². The molecule has 1 aromatic heterocycles. The number of benzene rings is 2. The number of nitrogens with one attached hydrogen (secondary N) is 1. The highest BCUT2D eigenvalue weighted by molar-refractivity contribution is 5.92. The number of para-hydroxylation sites is 1. The number of carbonyl (C=O) groups is 1.